The van der Waals surface area contributed by atoms with E-state index in [9.17, 15) is 10.2 Å². The first kappa shape index (κ1) is 20.1. The lowest BCUT2D eigenvalue weighted by molar-refractivity contribution is -0.0425. The van der Waals surface area contributed by atoms with Crippen LogP contribution < -0.4 is 9.47 Å². The van der Waals surface area contributed by atoms with Gasteiger partial charge in [-0.05, 0) is 30.7 Å². The van der Waals surface area contributed by atoms with Crippen molar-refractivity contribution in [2.45, 2.75) is 32.7 Å². The van der Waals surface area contributed by atoms with Gasteiger partial charge < -0.3 is 19.7 Å². The third-order valence-electron chi connectivity index (χ3n) is 4.05. The van der Waals surface area contributed by atoms with Gasteiger partial charge in [0.2, 0.25) is 5.88 Å². The Morgan fingerprint density at radius 3 is 2.75 bits per heavy atom. The first-order valence-corrected chi connectivity index (χ1v) is 9.36. The summed E-state index contributed by atoms with van der Waals surface area (Å²) in [7, 11) is 0. The number of aliphatic hydroxyl groups excluding tert-OH is 1. The first-order valence-electron chi connectivity index (χ1n) is 8.99. The Balaban J connectivity index is 1.76. The Kier molecular flexibility index (Phi) is 6.86. The molecule has 0 amide bonds. The number of aromatic nitrogens is 3. The number of hydrogen-bond donors (Lipinski definition) is 2. The normalized spacial score (nSPS) is 11.0. The van der Waals surface area contributed by atoms with Crippen LogP contribution in [0.1, 0.15) is 37.2 Å². The van der Waals surface area contributed by atoms with E-state index in [0.717, 1.165) is 18.4 Å². The number of nitrogens with zero attached hydrogens (tertiary/aromatic N) is 3. The number of ether oxygens (including phenoxy) is 2. The second-order valence-electron chi connectivity index (χ2n) is 6.15. The third kappa shape index (κ3) is 5.01. The summed E-state index contributed by atoms with van der Waals surface area (Å²) in [4.78, 5) is 4.22. The van der Waals surface area contributed by atoms with Crippen LogP contribution in [0.3, 0.4) is 0 Å². The molecule has 0 aliphatic heterocycles. The average Bonchev–Trinajstić information content (AvgIpc) is 3.16. The van der Waals surface area contributed by atoms with Gasteiger partial charge in [0.25, 0.3) is 0 Å². The molecule has 7 nitrogen and oxygen atoms in total. The van der Waals surface area contributed by atoms with Gasteiger partial charge in [-0.1, -0.05) is 31.0 Å². The lowest BCUT2D eigenvalue weighted by Gasteiger charge is -2.14. The van der Waals surface area contributed by atoms with Crippen LogP contribution in [0.4, 0.5) is 0 Å². The van der Waals surface area contributed by atoms with Crippen molar-refractivity contribution in [2.24, 2.45) is 0 Å². The van der Waals surface area contributed by atoms with Gasteiger partial charge in [-0.3, -0.25) is 0 Å². The molecule has 0 saturated heterocycles. The van der Waals surface area contributed by atoms with E-state index < -0.39 is 6.29 Å². The van der Waals surface area contributed by atoms with Crippen LogP contribution in [0.5, 0.6) is 11.6 Å². The van der Waals surface area contributed by atoms with Crippen molar-refractivity contribution in [3.63, 3.8) is 0 Å². The number of hydrogen-bond acceptors (Lipinski definition) is 6. The second kappa shape index (κ2) is 9.54. The van der Waals surface area contributed by atoms with E-state index in [1.807, 2.05) is 6.07 Å². The summed E-state index contributed by atoms with van der Waals surface area (Å²) in [5.41, 5.74) is 1.18. The van der Waals surface area contributed by atoms with Crippen molar-refractivity contribution in [3.8, 4) is 17.4 Å². The van der Waals surface area contributed by atoms with Crippen molar-refractivity contribution >= 4 is 11.6 Å². The maximum Gasteiger partial charge on any atom is 0.218 e. The van der Waals surface area contributed by atoms with Gasteiger partial charge >= 0.3 is 0 Å². The zero-order chi connectivity index (χ0) is 19.9. The smallest absolute Gasteiger partial charge is 0.218 e. The molecule has 148 valence electrons. The van der Waals surface area contributed by atoms with Crippen molar-refractivity contribution in [2.75, 3.05) is 6.61 Å². The number of unbranched alkanes of at least 4 members (excludes halogenated alkanes) is 1. The molecule has 2 heterocycles. The van der Waals surface area contributed by atoms with E-state index in [0.29, 0.717) is 34.6 Å². The predicted molar refractivity (Wildman–Crippen MR) is 105 cm³/mol. The molecule has 0 spiro atoms. The molecule has 0 atom stereocenters. The monoisotopic (exact) mass is 403 g/mol. The predicted octanol–water partition coefficient (Wildman–Crippen LogP) is 3.66. The lowest BCUT2D eigenvalue weighted by Crippen LogP contribution is -2.07. The zero-order valence-electron chi connectivity index (χ0n) is 15.5. The second-order valence-corrected chi connectivity index (χ2v) is 6.58. The molecule has 0 saturated carbocycles. The van der Waals surface area contributed by atoms with E-state index in [2.05, 4.69) is 17.0 Å². The topological polar surface area (TPSA) is 89.6 Å². The molecule has 3 rings (SSSR count). The number of rotatable bonds is 9. The molecule has 3 aromatic rings. The molecule has 8 heteroatoms. The van der Waals surface area contributed by atoms with Gasteiger partial charge in [0.15, 0.2) is 12.1 Å². The summed E-state index contributed by atoms with van der Waals surface area (Å²) in [6.45, 7) is 2.97. The van der Waals surface area contributed by atoms with Crippen molar-refractivity contribution < 1.29 is 19.7 Å². The van der Waals surface area contributed by atoms with Crippen LogP contribution in [0.15, 0.2) is 48.8 Å². The van der Waals surface area contributed by atoms with Gasteiger partial charge in [-0.25, -0.2) is 4.98 Å². The molecule has 1 aromatic carbocycles. The number of benzene rings is 1. The number of halogens is 1. The molecule has 0 aliphatic rings. The van der Waals surface area contributed by atoms with E-state index in [1.54, 1.807) is 24.4 Å². The molecule has 28 heavy (non-hydrogen) atoms. The largest absolute Gasteiger partial charge is 0.493 e. The minimum Gasteiger partial charge on any atom is -0.493 e. The molecule has 0 fully saturated rings. The van der Waals surface area contributed by atoms with Crippen LogP contribution in [-0.4, -0.2) is 31.6 Å². The third-order valence-corrected chi connectivity index (χ3v) is 4.29. The van der Waals surface area contributed by atoms with Gasteiger partial charge in [0, 0.05) is 28.4 Å². The molecular weight excluding hydrogens is 382 g/mol. The van der Waals surface area contributed by atoms with E-state index in [4.69, 9.17) is 21.1 Å². The highest BCUT2D eigenvalue weighted by Crippen LogP contribution is 2.26. The van der Waals surface area contributed by atoms with Crippen LogP contribution in [0.25, 0.3) is 5.82 Å². The van der Waals surface area contributed by atoms with E-state index >= 15 is 0 Å². The van der Waals surface area contributed by atoms with Gasteiger partial charge in [0.05, 0.1) is 12.8 Å². The molecule has 2 aromatic heterocycles. The first-order chi connectivity index (χ1) is 13.6. The zero-order valence-corrected chi connectivity index (χ0v) is 16.2. The maximum absolute atomic E-state index is 9.35. The van der Waals surface area contributed by atoms with Gasteiger partial charge in [-0.2, -0.15) is 9.78 Å². The highest BCUT2D eigenvalue weighted by atomic mass is 35.5. The Morgan fingerprint density at radius 1 is 1.11 bits per heavy atom. The SMILES string of the molecule is CCCCOc1cc(Cl)ccc1COc1ccnn1-c1cc(C(O)O)ccn1. The number of pyridine rings is 1. The van der Waals surface area contributed by atoms with Gasteiger partial charge in [0.1, 0.15) is 12.4 Å². The summed E-state index contributed by atoms with van der Waals surface area (Å²) in [6, 6.07) is 10.2. The quantitative estimate of drug-likeness (QED) is 0.418. The minimum absolute atomic E-state index is 0.257. The molecule has 0 radical (unpaired) electrons. The van der Waals surface area contributed by atoms with Crippen molar-refractivity contribution in [1.82, 2.24) is 14.8 Å². The summed E-state index contributed by atoms with van der Waals surface area (Å²) < 4.78 is 13.2. The molecule has 0 bridgehead atoms. The molecular formula is C20H22ClN3O4. The van der Waals surface area contributed by atoms with Gasteiger partial charge in [-0.15, -0.1) is 0 Å². The molecule has 0 unspecified atom stereocenters. The van der Waals surface area contributed by atoms with E-state index in [1.165, 1.54) is 23.0 Å². The number of aliphatic hydroxyl groups is 2. The maximum atomic E-state index is 9.35. The fourth-order valence-corrected chi connectivity index (χ4v) is 2.71. The Labute approximate surface area is 168 Å². The van der Waals surface area contributed by atoms with Crippen LogP contribution in [0, 0.1) is 0 Å². The fourth-order valence-electron chi connectivity index (χ4n) is 2.54. The highest BCUT2D eigenvalue weighted by molar-refractivity contribution is 6.30. The Morgan fingerprint density at radius 2 is 1.96 bits per heavy atom. The summed E-state index contributed by atoms with van der Waals surface area (Å²) in [6.07, 6.45) is 3.48. The Hall–Kier alpha value is -2.61. The molecule has 2 N–H and O–H groups in total. The van der Waals surface area contributed by atoms with E-state index in [-0.39, 0.29) is 6.61 Å². The van der Waals surface area contributed by atoms with Crippen molar-refractivity contribution in [3.05, 3.63) is 64.9 Å². The van der Waals surface area contributed by atoms with Crippen LogP contribution in [0.2, 0.25) is 5.02 Å². The van der Waals surface area contributed by atoms with Crippen molar-refractivity contribution in [1.29, 1.82) is 0 Å². The summed E-state index contributed by atoms with van der Waals surface area (Å²) in [5.74, 6) is 1.57. The fraction of sp³-hybridized carbons (Fsp3) is 0.300. The van der Waals surface area contributed by atoms with Crippen LogP contribution in [-0.2, 0) is 6.61 Å². The van der Waals surface area contributed by atoms with Crippen LogP contribution >= 0.6 is 11.6 Å². The molecule has 0 aliphatic carbocycles. The summed E-state index contributed by atoms with van der Waals surface area (Å²) in [5, 5.41) is 23.5. The standard InChI is InChI=1S/C20H22ClN3O4/c1-2-3-10-27-17-12-16(21)5-4-15(17)13-28-19-7-9-23-24(19)18-11-14(20(25)26)6-8-22-18/h4-9,11-12,20,25-26H,2-3,10,13H2,1H3. The average molecular weight is 404 g/mol. The minimum atomic E-state index is -1.58. The lowest BCUT2D eigenvalue weighted by atomic mass is 10.2. The highest BCUT2D eigenvalue weighted by Gasteiger charge is 2.12. The Bertz CT molecular complexity index is 914. The summed E-state index contributed by atoms with van der Waals surface area (Å²) >= 11 is 6.09.